The zero-order valence-corrected chi connectivity index (χ0v) is 10.0. The summed E-state index contributed by atoms with van der Waals surface area (Å²) in [5.41, 5.74) is -0.869. The monoisotopic (exact) mass is 270 g/mol. The van der Waals surface area contributed by atoms with E-state index in [0.717, 1.165) is 0 Å². The molecule has 94 valence electrons. The third kappa shape index (κ3) is 1.47. The van der Waals surface area contributed by atoms with E-state index in [1.807, 2.05) is 6.07 Å². The van der Waals surface area contributed by atoms with Crippen LogP contribution in [0, 0.1) is 16.7 Å². The lowest BCUT2D eigenvalue weighted by atomic mass is 9.39. The van der Waals surface area contributed by atoms with Crippen molar-refractivity contribution in [2.75, 3.05) is 5.32 Å². The van der Waals surface area contributed by atoms with E-state index in [1.54, 1.807) is 0 Å². The molecule has 2 bridgehead atoms. The van der Waals surface area contributed by atoms with Gasteiger partial charge in [-0.1, -0.05) is 0 Å². The highest BCUT2D eigenvalue weighted by molar-refractivity contribution is 6.28. The first-order valence-corrected chi connectivity index (χ1v) is 5.85. The van der Waals surface area contributed by atoms with Crippen molar-refractivity contribution in [3.8, 4) is 6.07 Å². The van der Waals surface area contributed by atoms with Crippen LogP contribution in [0.4, 0.5) is 14.6 Å². The van der Waals surface area contributed by atoms with Crippen molar-refractivity contribution >= 4 is 17.4 Å². The van der Waals surface area contributed by atoms with Gasteiger partial charge in [-0.15, -0.1) is 0 Å². The fourth-order valence-corrected chi connectivity index (χ4v) is 3.15. The van der Waals surface area contributed by atoms with Gasteiger partial charge in [-0.25, -0.2) is 13.8 Å². The molecule has 0 atom stereocenters. The van der Waals surface area contributed by atoms with Gasteiger partial charge in [0.15, 0.2) is 0 Å². The summed E-state index contributed by atoms with van der Waals surface area (Å²) in [4.78, 5) is 7.65. The highest BCUT2D eigenvalue weighted by Crippen LogP contribution is 2.70. The number of nitrogens with zero attached hydrogens (tertiary/aromatic N) is 3. The molecule has 1 heterocycles. The molecule has 3 aliphatic rings. The second kappa shape index (κ2) is 3.51. The molecule has 3 fully saturated rings. The maximum absolute atomic E-state index is 12.7. The molecule has 0 unspecified atom stereocenters. The Balaban J connectivity index is 1.77. The highest BCUT2D eigenvalue weighted by atomic mass is 35.5. The van der Waals surface area contributed by atoms with Gasteiger partial charge >= 0.3 is 0 Å². The predicted molar refractivity (Wildman–Crippen MR) is 60.4 cm³/mol. The van der Waals surface area contributed by atoms with E-state index >= 15 is 0 Å². The zero-order valence-electron chi connectivity index (χ0n) is 9.25. The molecule has 1 aromatic rings. The van der Waals surface area contributed by atoms with Gasteiger partial charge in [0.2, 0.25) is 11.7 Å². The molecule has 3 aliphatic carbocycles. The average Bonchev–Trinajstić information content (AvgIpc) is 2.21. The Labute approximate surface area is 107 Å². The lowest BCUT2D eigenvalue weighted by Gasteiger charge is -2.70. The molecule has 0 saturated heterocycles. The van der Waals surface area contributed by atoms with Crippen LogP contribution in [0.25, 0.3) is 0 Å². The smallest absolute Gasteiger partial charge is 0.244 e. The molecule has 0 amide bonds. The molecule has 0 aliphatic heterocycles. The molecule has 1 aromatic heterocycles. The molecule has 0 spiro atoms. The van der Waals surface area contributed by atoms with Crippen LogP contribution in [-0.2, 0) is 0 Å². The Morgan fingerprint density at radius 3 is 2.67 bits per heavy atom. The van der Waals surface area contributed by atoms with Crippen molar-refractivity contribution in [3.63, 3.8) is 0 Å². The summed E-state index contributed by atoms with van der Waals surface area (Å²) in [6.45, 7) is 0. The van der Waals surface area contributed by atoms with Crippen LogP contribution < -0.4 is 5.32 Å². The zero-order chi connectivity index (χ0) is 13.0. The minimum atomic E-state index is -2.27. The van der Waals surface area contributed by atoms with Gasteiger partial charge in [-0.2, -0.15) is 10.2 Å². The van der Waals surface area contributed by atoms with Crippen LogP contribution in [0.2, 0.25) is 5.28 Å². The molecule has 3 saturated carbocycles. The van der Waals surface area contributed by atoms with Gasteiger partial charge in [0.1, 0.15) is 17.5 Å². The minimum absolute atomic E-state index is 0.0340. The maximum atomic E-state index is 12.7. The first kappa shape index (κ1) is 11.6. The van der Waals surface area contributed by atoms with Crippen LogP contribution >= 0.6 is 11.6 Å². The molecule has 1 N–H and O–H groups in total. The van der Waals surface area contributed by atoms with Crippen molar-refractivity contribution in [1.82, 2.24) is 9.97 Å². The van der Waals surface area contributed by atoms with Crippen molar-refractivity contribution < 1.29 is 8.78 Å². The maximum Gasteiger partial charge on any atom is 0.244 e. The van der Waals surface area contributed by atoms with E-state index < -0.39 is 11.8 Å². The largest absolute Gasteiger partial charge is 0.363 e. The number of halogens is 3. The SMILES string of the molecule is N#Cc1cnc(Cl)nc1NC12CC(C(F)F)(C1)C2. The highest BCUT2D eigenvalue weighted by Gasteiger charge is 2.72. The summed E-state index contributed by atoms with van der Waals surface area (Å²) in [5, 5.41) is 12.0. The van der Waals surface area contributed by atoms with Crippen LogP contribution in [0.15, 0.2) is 6.20 Å². The number of anilines is 1. The van der Waals surface area contributed by atoms with E-state index in [1.165, 1.54) is 6.20 Å². The van der Waals surface area contributed by atoms with E-state index in [4.69, 9.17) is 16.9 Å². The standard InChI is InChI=1S/C11H9ClF2N4/c12-9-16-2-6(1-15)7(17-9)18-11-3-10(4-11,5-11)8(13)14/h2,8H,3-5H2,(H,16,17,18). The van der Waals surface area contributed by atoms with E-state index in [0.29, 0.717) is 25.1 Å². The summed E-state index contributed by atoms with van der Waals surface area (Å²) >= 11 is 5.66. The Morgan fingerprint density at radius 2 is 2.11 bits per heavy atom. The molecule has 4 rings (SSSR count). The lowest BCUT2D eigenvalue weighted by Crippen LogP contribution is -2.73. The minimum Gasteiger partial charge on any atom is -0.363 e. The van der Waals surface area contributed by atoms with Gasteiger partial charge in [0, 0.05) is 11.0 Å². The molecular formula is C11H9ClF2N4. The molecule has 0 radical (unpaired) electrons. The van der Waals surface area contributed by atoms with Gasteiger partial charge < -0.3 is 5.32 Å². The quantitative estimate of drug-likeness (QED) is 0.858. The van der Waals surface area contributed by atoms with Gasteiger partial charge in [0.25, 0.3) is 0 Å². The third-order valence-corrected chi connectivity index (χ3v) is 3.98. The first-order valence-electron chi connectivity index (χ1n) is 5.48. The van der Waals surface area contributed by atoms with Crippen molar-refractivity contribution in [3.05, 3.63) is 17.0 Å². The summed E-state index contributed by atoms with van der Waals surface area (Å²) in [5.74, 6) is 0.333. The lowest BCUT2D eigenvalue weighted by molar-refractivity contribution is -0.204. The number of nitriles is 1. The molecule has 7 heteroatoms. The second-order valence-corrected chi connectivity index (χ2v) is 5.45. The van der Waals surface area contributed by atoms with Gasteiger partial charge in [-0.3, -0.25) is 0 Å². The summed E-state index contributed by atoms with van der Waals surface area (Å²) < 4.78 is 25.4. The van der Waals surface area contributed by atoms with Crippen molar-refractivity contribution in [2.24, 2.45) is 5.41 Å². The Bertz CT molecular complexity index is 535. The fourth-order valence-electron chi connectivity index (χ4n) is 3.02. The topological polar surface area (TPSA) is 61.6 Å². The number of nitrogens with one attached hydrogen (secondary N) is 1. The van der Waals surface area contributed by atoms with Crippen molar-refractivity contribution in [2.45, 2.75) is 31.2 Å². The van der Waals surface area contributed by atoms with Crippen molar-refractivity contribution in [1.29, 1.82) is 5.26 Å². The summed E-state index contributed by atoms with van der Waals surface area (Å²) in [7, 11) is 0. The second-order valence-electron chi connectivity index (χ2n) is 5.11. The molecule has 0 aromatic carbocycles. The molecule has 18 heavy (non-hydrogen) atoms. The average molecular weight is 271 g/mol. The number of alkyl halides is 2. The first-order chi connectivity index (χ1) is 8.49. The number of hydrogen-bond acceptors (Lipinski definition) is 4. The normalized spacial score (nSPS) is 32.4. The third-order valence-electron chi connectivity index (χ3n) is 3.80. The number of aromatic nitrogens is 2. The van der Waals surface area contributed by atoms with E-state index in [2.05, 4.69) is 15.3 Å². The molecule has 4 nitrogen and oxygen atoms in total. The Hall–Kier alpha value is -1.48. The Morgan fingerprint density at radius 1 is 1.44 bits per heavy atom. The summed E-state index contributed by atoms with van der Waals surface area (Å²) in [6.07, 6.45) is 0.315. The van der Waals surface area contributed by atoms with Crippen LogP contribution in [0.5, 0.6) is 0 Å². The predicted octanol–water partition coefficient (Wildman–Crippen LogP) is 2.60. The Kier molecular flexibility index (Phi) is 2.26. The number of hydrogen-bond donors (Lipinski definition) is 1. The fraction of sp³-hybridized carbons (Fsp3) is 0.545. The molecular weight excluding hydrogens is 262 g/mol. The number of rotatable bonds is 3. The van der Waals surface area contributed by atoms with Gasteiger partial charge in [0.05, 0.1) is 6.20 Å². The van der Waals surface area contributed by atoms with Gasteiger partial charge in [-0.05, 0) is 30.9 Å². The summed E-state index contributed by atoms with van der Waals surface area (Å²) in [6, 6.07) is 1.95. The van der Waals surface area contributed by atoms with Crippen LogP contribution in [-0.4, -0.2) is 21.9 Å². The van der Waals surface area contributed by atoms with E-state index in [9.17, 15) is 8.78 Å². The van der Waals surface area contributed by atoms with Crippen LogP contribution in [0.3, 0.4) is 0 Å². The van der Waals surface area contributed by atoms with E-state index in [-0.39, 0.29) is 16.4 Å². The van der Waals surface area contributed by atoms with Crippen LogP contribution in [0.1, 0.15) is 24.8 Å².